The molecule has 3 N–H and O–H groups in total. The summed E-state index contributed by atoms with van der Waals surface area (Å²) in [5.74, 6) is 0.128. The molecule has 2 aliphatic heterocycles. The highest BCUT2D eigenvalue weighted by Crippen LogP contribution is 2.44. The fraction of sp³-hybridized carbons (Fsp3) is 0.345. The zero-order valence-corrected chi connectivity index (χ0v) is 21.2. The second-order valence-electron chi connectivity index (χ2n) is 10.2. The number of nitrogen functional groups attached to an aromatic ring is 1. The number of pyridine rings is 1. The maximum atomic E-state index is 12.8. The summed E-state index contributed by atoms with van der Waals surface area (Å²) in [5, 5.41) is 13.7. The number of nitrogens with two attached hydrogens (primary N) is 1. The minimum absolute atomic E-state index is 0.00166. The monoisotopic (exact) mass is 510 g/mol. The second kappa shape index (κ2) is 9.64. The normalized spacial score (nSPS) is 20.7. The lowest BCUT2D eigenvalue weighted by molar-refractivity contribution is -0.136. The average Bonchev–Trinajstić information content (AvgIpc) is 3.47. The van der Waals surface area contributed by atoms with Crippen LogP contribution in [-0.2, 0) is 4.79 Å². The molecule has 3 aromatic heterocycles. The first-order chi connectivity index (χ1) is 18.5. The van der Waals surface area contributed by atoms with Crippen LogP contribution in [0.4, 0.5) is 5.82 Å². The highest BCUT2D eigenvalue weighted by molar-refractivity contribution is 6.00. The van der Waals surface area contributed by atoms with E-state index < -0.39 is 0 Å². The van der Waals surface area contributed by atoms with Crippen molar-refractivity contribution in [3.05, 3.63) is 66.1 Å². The third-order valence-corrected chi connectivity index (χ3v) is 7.94. The maximum absolute atomic E-state index is 12.8. The Labute approximate surface area is 220 Å². The van der Waals surface area contributed by atoms with E-state index in [1.54, 1.807) is 12.4 Å². The van der Waals surface area contributed by atoms with Crippen molar-refractivity contribution in [2.75, 3.05) is 12.3 Å². The van der Waals surface area contributed by atoms with Crippen LogP contribution in [0.15, 0.2) is 54.9 Å². The second-order valence-corrected chi connectivity index (χ2v) is 10.2. The van der Waals surface area contributed by atoms with E-state index in [4.69, 9.17) is 10.7 Å². The summed E-state index contributed by atoms with van der Waals surface area (Å²) < 4.78 is 1.54. The van der Waals surface area contributed by atoms with E-state index in [0.717, 1.165) is 35.2 Å². The summed E-state index contributed by atoms with van der Waals surface area (Å²) >= 11 is 0. The molecule has 4 aromatic rings. The first-order valence-corrected chi connectivity index (χ1v) is 13.1. The molecule has 9 nitrogen and oxygen atoms in total. The minimum Gasteiger partial charge on any atom is -0.396 e. The van der Waals surface area contributed by atoms with Gasteiger partial charge in [-0.3, -0.25) is 14.6 Å². The Morgan fingerprint density at radius 2 is 1.76 bits per heavy atom. The van der Waals surface area contributed by atoms with Gasteiger partial charge in [0.25, 0.3) is 0 Å². The molecule has 2 atom stereocenters. The molecule has 0 spiro atoms. The fourth-order valence-corrected chi connectivity index (χ4v) is 6.26. The predicted octanol–water partition coefficient (Wildman–Crippen LogP) is 3.86. The van der Waals surface area contributed by atoms with Gasteiger partial charge in [-0.15, -0.1) is 0 Å². The number of aliphatic hydroxyl groups excluding tert-OH is 1. The highest BCUT2D eigenvalue weighted by atomic mass is 16.3. The predicted molar refractivity (Wildman–Crippen MR) is 143 cm³/mol. The standard InChI is InChI=1S/C29H30N6O3/c1-17(37)26-27(20-13-21-8-9-22(14-20)34(21)25(38)11-12-36)33-29-23(16-32-35(29)28(26)30)19-7-10-24(31-15-19)18-5-3-2-4-6-18/h2-7,10,15-16,20-22,36H,8-9,11-14,30H2,1H3. The largest absolute Gasteiger partial charge is 0.396 e. The topological polar surface area (TPSA) is 127 Å². The van der Waals surface area contributed by atoms with Crippen molar-refractivity contribution < 1.29 is 14.7 Å². The molecule has 2 unspecified atom stereocenters. The number of aliphatic hydroxyl groups is 1. The molecule has 38 heavy (non-hydrogen) atoms. The maximum Gasteiger partial charge on any atom is 0.225 e. The molecule has 1 amide bonds. The third kappa shape index (κ3) is 4.03. The number of nitrogens with zero attached hydrogens (tertiary/aromatic N) is 5. The third-order valence-electron chi connectivity index (χ3n) is 7.94. The number of rotatable bonds is 6. The Bertz CT molecular complexity index is 1500. The summed E-state index contributed by atoms with van der Waals surface area (Å²) in [6.07, 6.45) is 6.93. The van der Waals surface area contributed by atoms with E-state index in [9.17, 15) is 14.7 Å². The Morgan fingerprint density at radius 1 is 1.03 bits per heavy atom. The Balaban J connectivity index is 1.39. The van der Waals surface area contributed by atoms with Crippen LogP contribution in [0, 0.1) is 0 Å². The molecule has 0 saturated carbocycles. The van der Waals surface area contributed by atoms with Gasteiger partial charge in [0.2, 0.25) is 5.91 Å². The van der Waals surface area contributed by atoms with Gasteiger partial charge in [-0.1, -0.05) is 36.4 Å². The molecule has 6 rings (SSSR count). The van der Waals surface area contributed by atoms with E-state index in [0.29, 0.717) is 29.7 Å². The first kappa shape index (κ1) is 24.2. The molecule has 5 heterocycles. The van der Waals surface area contributed by atoms with Gasteiger partial charge in [-0.2, -0.15) is 9.61 Å². The van der Waals surface area contributed by atoms with Gasteiger partial charge < -0.3 is 15.7 Å². The molecule has 194 valence electrons. The van der Waals surface area contributed by atoms with Gasteiger partial charge >= 0.3 is 0 Å². The highest BCUT2D eigenvalue weighted by Gasteiger charge is 2.44. The number of amides is 1. The smallest absolute Gasteiger partial charge is 0.225 e. The number of hydrogen-bond donors (Lipinski definition) is 2. The van der Waals surface area contributed by atoms with Crippen molar-refractivity contribution in [3.8, 4) is 22.4 Å². The van der Waals surface area contributed by atoms with E-state index >= 15 is 0 Å². The Morgan fingerprint density at radius 3 is 2.39 bits per heavy atom. The molecular formula is C29H30N6O3. The molecule has 2 saturated heterocycles. The van der Waals surface area contributed by atoms with Gasteiger partial charge in [-0.25, -0.2) is 4.98 Å². The SMILES string of the molecule is CC(=O)c1c(C2CC3CCC(C2)N3C(=O)CCO)nc2c(-c3ccc(-c4ccccc4)nc3)cnn2c1N. The summed E-state index contributed by atoms with van der Waals surface area (Å²) in [6.45, 7) is 1.36. The van der Waals surface area contributed by atoms with Crippen molar-refractivity contribution in [3.63, 3.8) is 0 Å². The van der Waals surface area contributed by atoms with Crippen LogP contribution in [0.3, 0.4) is 0 Å². The molecule has 2 aliphatic rings. The van der Waals surface area contributed by atoms with Crippen molar-refractivity contribution in [2.24, 2.45) is 0 Å². The molecule has 9 heteroatoms. The van der Waals surface area contributed by atoms with Crippen molar-refractivity contribution in [2.45, 2.75) is 57.0 Å². The van der Waals surface area contributed by atoms with Gasteiger partial charge in [0, 0.05) is 47.3 Å². The number of piperidine rings is 1. The lowest BCUT2D eigenvalue weighted by Gasteiger charge is -2.39. The van der Waals surface area contributed by atoms with Crippen molar-refractivity contribution in [1.82, 2.24) is 24.5 Å². The number of anilines is 1. The quantitative estimate of drug-likeness (QED) is 0.377. The Hall–Kier alpha value is -4.11. The van der Waals surface area contributed by atoms with E-state index in [1.807, 2.05) is 47.4 Å². The van der Waals surface area contributed by atoms with Crippen molar-refractivity contribution >= 4 is 23.2 Å². The molecule has 2 fully saturated rings. The zero-order valence-electron chi connectivity index (χ0n) is 21.2. The van der Waals surface area contributed by atoms with Crippen LogP contribution in [0.5, 0.6) is 0 Å². The molecular weight excluding hydrogens is 480 g/mol. The lowest BCUT2D eigenvalue weighted by atomic mass is 9.85. The number of carbonyl (C=O) groups excluding carboxylic acids is 2. The zero-order chi connectivity index (χ0) is 26.4. The number of hydrogen-bond acceptors (Lipinski definition) is 7. The summed E-state index contributed by atoms with van der Waals surface area (Å²) in [4.78, 5) is 37.1. The molecule has 0 radical (unpaired) electrons. The van der Waals surface area contributed by atoms with E-state index in [2.05, 4.69) is 10.1 Å². The minimum atomic E-state index is -0.149. The number of carbonyl (C=O) groups is 2. The van der Waals surface area contributed by atoms with Crippen LogP contribution in [-0.4, -0.2) is 60.0 Å². The van der Waals surface area contributed by atoms with Crippen molar-refractivity contribution in [1.29, 1.82) is 0 Å². The van der Waals surface area contributed by atoms with Crippen LogP contribution >= 0.6 is 0 Å². The summed E-state index contributed by atoms with van der Waals surface area (Å²) in [7, 11) is 0. The van der Waals surface area contributed by atoms with Crippen LogP contribution in [0.2, 0.25) is 0 Å². The molecule has 0 aliphatic carbocycles. The van der Waals surface area contributed by atoms with E-state index in [1.165, 1.54) is 11.4 Å². The number of fused-ring (bicyclic) bond motifs is 3. The first-order valence-electron chi connectivity index (χ1n) is 13.1. The molecule has 2 bridgehead atoms. The molecule has 1 aromatic carbocycles. The van der Waals surface area contributed by atoms with Crippen LogP contribution in [0.25, 0.3) is 28.0 Å². The van der Waals surface area contributed by atoms with E-state index in [-0.39, 0.29) is 48.5 Å². The number of benzene rings is 1. The fourth-order valence-electron chi connectivity index (χ4n) is 6.26. The van der Waals surface area contributed by atoms with Gasteiger partial charge in [0.15, 0.2) is 11.4 Å². The average molecular weight is 511 g/mol. The van der Waals surface area contributed by atoms with Gasteiger partial charge in [0.05, 0.1) is 29.8 Å². The van der Waals surface area contributed by atoms with Gasteiger partial charge in [0.1, 0.15) is 5.82 Å². The number of ketones is 1. The van der Waals surface area contributed by atoms with Crippen LogP contribution < -0.4 is 5.73 Å². The lowest BCUT2D eigenvalue weighted by Crippen LogP contribution is -2.46. The summed E-state index contributed by atoms with van der Waals surface area (Å²) in [6, 6.07) is 14.1. The number of aromatic nitrogens is 4. The van der Waals surface area contributed by atoms with Gasteiger partial charge in [-0.05, 0) is 38.7 Å². The Kier molecular flexibility index (Phi) is 6.15. The van der Waals surface area contributed by atoms with Crippen LogP contribution in [0.1, 0.15) is 61.0 Å². The summed E-state index contributed by atoms with van der Waals surface area (Å²) in [5.41, 5.74) is 11.8. The number of Topliss-reactive ketones (excluding diaryl/α,β-unsaturated/α-hetero) is 1.